The van der Waals surface area contributed by atoms with E-state index < -0.39 is 12.2 Å². The van der Waals surface area contributed by atoms with Crippen LogP contribution in [-0.2, 0) is 0 Å². The zero-order valence-electron chi connectivity index (χ0n) is 7.47. The first kappa shape index (κ1) is 11.3. The molecule has 5 nitrogen and oxygen atoms in total. The number of halogens is 1. The van der Waals surface area contributed by atoms with E-state index in [1.165, 1.54) is 12.4 Å². The quantitative estimate of drug-likeness (QED) is 0.612. The average Bonchev–Trinajstić information content (AvgIpc) is 2.18. The van der Waals surface area contributed by atoms with Crippen LogP contribution in [0.3, 0.4) is 0 Å². The van der Waals surface area contributed by atoms with Gasteiger partial charge < -0.3 is 15.9 Å². The SMILES string of the molecule is NCCC(O)C(O)c1cnc(Cl)nc1. The molecule has 1 aromatic rings. The smallest absolute Gasteiger partial charge is 0.222 e. The molecule has 78 valence electrons. The predicted octanol–water partition coefficient (Wildman–Crippen LogP) is -0.127. The summed E-state index contributed by atoms with van der Waals surface area (Å²) in [4.78, 5) is 7.39. The molecule has 0 saturated carbocycles. The van der Waals surface area contributed by atoms with Gasteiger partial charge in [-0.25, -0.2) is 9.97 Å². The molecule has 1 aromatic heterocycles. The van der Waals surface area contributed by atoms with Crippen LogP contribution in [0.5, 0.6) is 0 Å². The van der Waals surface area contributed by atoms with E-state index in [0.717, 1.165) is 0 Å². The summed E-state index contributed by atoms with van der Waals surface area (Å²) in [6.45, 7) is 0.312. The summed E-state index contributed by atoms with van der Waals surface area (Å²) in [6, 6.07) is 0. The van der Waals surface area contributed by atoms with Crippen LogP contribution >= 0.6 is 11.6 Å². The zero-order chi connectivity index (χ0) is 10.6. The number of aliphatic hydroxyl groups excluding tert-OH is 2. The zero-order valence-corrected chi connectivity index (χ0v) is 8.22. The Bertz CT molecular complexity index is 280. The number of hydrogen-bond donors (Lipinski definition) is 3. The number of nitrogens with two attached hydrogens (primary N) is 1. The van der Waals surface area contributed by atoms with Gasteiger partial charge in [-0.1, -0.05) is 0 Å². The van der Waals surface area contributed by atoms with Crippen LogP contribution in [-0.4, -0.2) is 32.8 Å². The fourth-order valence-electron chi connectivity index (χ4n) is 1.03. The summed E-state index contributed by atoms with van der Waals surface area (Å²) >= 11 is 5.47. The van der Waals surface area contributed by atoms with E-state index >= 15 is 0 Å². The van der Waals surface area contributed by atoms with Crippen LogP contribution in [0.4, 0.5) is 0 Å². The second-order valence-electron chi connectivity index (χ2n) is 2.87. The molecule has 0 saturated heterocycles. The molecule has 0 radical (unpaired) electrons. The van der Waals surface area contributed by atoms with Gasteiger partial charge in [0, 0.05) is 18.0 Å². The largest absolute Gasteiger partial charge is 0.390 e. The van der Waals surface area contributed by atoms with Crippen molar-refractivity contribution in [2.45, 2.75) is 18.6 Å². The Labute approximate surface area is 86.6 Å². The molecule has 1 rings (SSSR count). The Morgan fingerprint density at radius 3 is 2.43 bits per heavy atom. The maximum absolute atomic E-state index is 9.58. The van der Waals surface area contributed by atoms with Crippen molar-refractivity contribution < 1.29 is 10.2 Å². The molecule has 0 amide bonds. The lowest BCUT2D eigenvalue weighted by atomic mass is 10.1. The molecule has 2 unspecified atom stereocenters. The molecule has 0 bridgehead atoms. The van der Waals surface area contributed by atoms with Crippen molar-refractivity contribution >= 4 is 11.6 Å². The Morgan fingerprint density at radius 1 is 1.36 bits per heavy atom. The van der Waals surface area contributed by atoms with Crippen LogP contribution in [0.25, 0.3) is 0 Å². The average molecular weight is 218 g/mol. The molecule has 14 heavy (non-hydrogen) atoms. The molecule has 0 aliphatic heterocycles. The van der Waals surface area contributed by atoms with Crippen molar-refractivity contribution in [2.75, 3.05) is 6.54 Å². The minimum absolute atomic E-state index is 0.106. The van der Waals surface area contributed by atoms with Crippen molar-refractivity contribution in [1.29, 1.82) is 0 Å². The minimum Gasteiger partial charge on any atom is -0.390 e. The Balaban J connectivity index is 2.68. The van der Waals surface area contributed by atoms with E-state index in [2.05, 4.69) is 9.97 Å². The summed E-state index contributed by atoms with van der Waals surface area (Å²) in [5.41, 5.74) is 5.67. The number of rotatable bonds is 4. The Kier molecular flexibility index (Phi) is 4.21. The van der Waals surface area contributed by atoms with Gasteiger partial charge >= 0.3 is 0 Å². The number of aliphatic hydroxyl groups is 2. The number of aromatic nitrogens is 2. The highest BCUT2D eigenvalue weighted by Crippen LogP contribution is 2.17. The monoisotopic (exact) mass is 217 g/mol. The third kappa shape index (κ3) is 2.88. The maximum atomic E-state index is 9.58. The van der Waals surface area contributed by atoms with Gasteiger partial charge in [0.25, 0.3) is 0 Å². The topological polar surface area (TPSA) is 92.3 Å². The molecule has 0 aliphatic rings. The van der Waals surface area contributed by atoms with Gasteiger partial charge in [-0.05, 0) is 24.6 Å². The minimum atomic E-state index is -1.02. The van der Waals surface area contributed by atoms with E-state index in [4.69, 9.17) is 17.3 Å². The van der Waals surface area contributed by atoms with Crippen LogP contribution in [0.2, 0.25) is 5.28 Å². The summed E-state index contributed by atoms with van der Waals surface area (Å²) in [7, 11) is 0. The molecule has 0 fully saturated rings. The molecule has 0 spiro atoms. The first-order valence-electron chi connectivity index (χ1n) is 4.18. The summed E-state index contributed by atoms with van der Waals surface area (Å²) in [5.74, 6) is 0. The molecule has 2 atom stereocenters. The van der Waals surface area contributed by atoms with Gasteiger partial charge in [0.2, 0.25) is 5.28 Å². The van der Waals surface area contributed by atoms with E-state index in [1.54, 1.807) is 0 Å². The van der Waals surface area contributed by atoms with Crippen LogP contribution in [0, 0.1) is 0 Å². The summed E-state index contributed by atoms with van der Waals surface area (Å²) < 4.78 is 0. The van der Waals surface area contributed by atoms with Crippen LogP contribution in [0.15, 0.2) is 12.4 Å². The van der Waals surface area contributed by atoms with Gasteiger partial charge in [0.1, 0.15) is 6.10 Å². The predicted molar refractivity (Wildman–Crippen MR) is 51.7 cm³/mol. The lowest BCUT2D eigenvalue weighted by molar-refractivity contribution is 0.0146. The highest BCUT2D eigenvalue weighted by Gasteiger charge is 2.17. The van der Waals surface area contributed by atoms with E-state index in [0.29, 0.717) is 18.5 Å². The second kappa shape index (κ2) is 5.21. The molecule has 0 aliphatic carbocycles. The van der Waals surface area contributed by atoms with Gasteiger partial charge in [-0.3, -0.25) is 0 Å². The Hall–Kier alpha value is -0.750. The fourth-order valence-corrected chi connectivity index (χ4v) is 1.12. The van der Waals surface area contributed by atoms with Gasteiger partial charge in [0.05, 0.1) is 6.10 Å². The highest BCUT2D eigenvalue weighted by atomic mass is 35.5. The van der Waals surface area contributed by atoms with Gasteiger partial charge in [-0.2, -0.15) is 0 Å². The molecule has 1 heterocycles. The van der Waals surface area contributed by atoms with Crippen molar-refractivity contribution in [1.82, 2.24) is 9.97 Å². The summed E-state index contributed by atoms with van der Waals surface area (Å²) in [5, 5.41) is 19.1. The standard InChI is InChI=1S/C8H12ClN3O2/c9-8-11-3-5(4-12-8)7(14)6(13)1-2-10/h3-4,6-7,13-14H,1-2,10H2. The van der Waals surface area contributed by atoms with Crippen molar-refractivity contribution in [2.24, 2.45) is 5.73 Å². The third-order valence-electron chi connectivity index (χ3n) is 1.81. The van der Waals surface area contributed by atoms with E-state index in [-0.39, 0.29) is 5.28 Å². The van der Waals surface area contributed by atoms with E-state index in [1.807, 2.05) is 0 Å². The maximum Gasteiger partial charge on any atom is 0.222 e. The van der Waals surface area contributed by atoms with Crippen molar-refractivity contribution in [3.63, 3.8) is 0 Å². The highest BCUT2D eigenvalue weighted by molar-refractivity contribution is 6.28. The molecular formula is C8H12ClN3O2. The molecule has 6 heteroatoms. The lowest BCUT2D eigenvalue weighted by Crippen LogP contribution is -2.22. The lowest BCUT2D eigenvalue weighted by Gasteiger charge is -2.16. The second-order valence-corrected chi connectivity index (χ2v) is 3.21. The van der Waals surface area contributed by atoms with Gasteiger partial charge in [0.15, 0.2) is 0 Å². The van der Waals surface area contributed by atoms with Crippen LogP contribution < -0.4 is 5.73 Å². The molecule has 4 N–H and O–H groups in total. The number of nitrogens with zero attached hydrogens (tertiary/aromatic N) is 2. The van der Waals surface area contributed by atoms with Gasteiger partial charge in [-0.15, -0.1) is 0 Å². The molecular weight excluding hydrogens is 206 g/mol. The molecule has 0 aromatic carbocycles. The first-order valence-corrected chi connectivity index (χ1v) is 4.56. The van der Waals surface area contributed by atoms with Crippen molar-refractivity contribution in [3.05, 3.63) is 23.2 Å². The van der Waals surface area contributed by atoms with Crippen molar-refractivity contribution in [3.8, 4) is 0 Å². The fraction of sp³-hybridized carbons (Fsp3) is 0.500. The van der Waals surface area contributed by atoms with E-state index in [9.17, 15) is 10.2 Å². The third-order valence-corrected chi connectivity index (χ3v) is 2.00. The van der Waals surface area contributed by atoms with Crippen LogP contribution in [0.1, 0.15) is 18.1 Å². The number of hydrogen-bond acceptors (Lipinski definition) is 5. The normalized spacial score (nSPS) is 15.1. The summed E-state index contributed by atoms with van der Waals surface area (Å²) in [6.07, 6.45) is 1.16. The Morgan fingerprint density at radius 2 is 1.93 bits per heavy atom. The first-order chi connectivity index (χ1) is 6.65.